The van der Waals surface area contributed by atoms with Crippen LogP contribution in [0.1, 0.15) is 24.2 Å². The molecule has 0 aromatic heterocycles. The van der Waals surface area contributed by atoms with Crippen molar-refractivity contribution < 1.29 is 38.7 Å². The molecule has 0 saturated heterocycles. The SMILES string of the molecule is Cc1cc(OCCN[C@H](C)[C@@H](O)c2ccc(O)cc2)ccc1-c1ccc(OC(=O)O)c(Oc2ccc(F)cc2)c1. The van der Waals surface area contributed by atoms with Gasteiger partial charge in [-0.1, -0.05) is 24.3 Å². The Morgan fingerprint density at radius 3 is 2.30 bits per heavy atom. The van der Waals surface area contributed by atoms with E-state index in [2.05, 4.69) is 5.32 Å². The smallest absolute Gasteiger partial charge is 0.508 e. The van der Waals surface area contributed by atoms with Gasteiger partial charge in [0.25, 0.3) is 0 Å². The molecule has 208 valence electrons. The van der Waals surface area contributed by atoms with Gasteiger partial charge in [0.1, 0.15) is 29.7 Å². The van der Waals surface area contributed by atoms with E-state index in [1.165, 1.54) is 42.5 Å². The zero-order valence-electron chi connectivity index (χ0n) is 22.0. The minimum atomic E-state index is -1.48. The average Bonchev–Trinajstić information content (AvgIpc) is 2.93. The molecule has 8 nitrogen and oxygen atoms in total. The largest absolute Gasteiger partial charge is 0.511 e. The Hall–Kier alpha value is -4.60. The molecular weight excluding hydrogens is 517 g/mol. The maximum atomic E-state index is 13.3. The van der Waals surface area contributed by atoms with E-state index in [-0.39, 0.29) is 23.3 Å². The van der Waals surface area contributed by atoms with E-state index in [0.29, 0.717) is 30.2 Å². The highest BCUT2D eigenvalue weighted by Crippen LogP contribution is 2.37. The van der Waals surface area contributed by atoms with Crippen molar-refractivity contribution in [3.8, 4) is 39.9 Å². The van der Waals surface area contributed by atoms with Gasteiger partial charge >= 0.3 is 6.16 Å². The highest BCUT2D eigenvalue weighted by Gasteiger charge is 2.16. The Bertz CT molecular complexity index is 1440. The van der Waals surface area contributed by atoms with Crippen LogP contribution in [0.5, 0.6) is 28.7 Å². The lowest BCUT2D eigenvalue weighted by Crippen LogP contribution is -2.35. The van der Waals surface area contributed by atoms with E-state index in [1.54, 1.807) is 24.3 Å². The van der Waals surface area contributed by atoms with Crippen molar-refractivity contribution in [3.05, 3.63) is 102 Å². The summed E-state index contributed by atoms with van der Waals surface area (Å²) in [5, 5.41) is 32.3. The zero-order valence-corrected chi connectivity index (χ0v) is 22.0. The first kappa shape index (κ1) is 28.4. The summed E-state index contributed by atoms with van der Waals surface area (Å²) < 4.78 is 29.9. The van der Waals surface area contributed by atoms with Gasteiger partial charge in [-0.2, -0.15) is 0 Å². The van der Waals surface area contributed by atoms with Crippen molar-refractivity contribution >= 4 is 6.16 Å². The van der Waals surface area contributed by atoms with Crippen molar-refractivity contribution in [1.29, 1.82) is 0 Å². The van der Waals surface area contributed by atoms with Crippen LogP contribution in [0, 0.1) is 12.7 Å². The third-order valence-electron chi connectivity index (χ3n) is 6.24. The van der Waals surface area contributed by atoms with Crippen LogP contribution < -0.4 is 19.5 Å². The van der Waals surface area contributed by atoms with Gasteiger partial charge in [0.2, 0.25) is 0 Å². The number of aromatic hydroxyl groups is 1. The van der Waals surface area contributed by atoms with Gasteiger partial charge in [-0.15, -0.1) is 0 Å². The monoisotopic (exact) mass is 547 g/mol. The lowest BCUT2D eigenvalue weighted by atomic mass is 10.00. The molecule has 0 saturated carbocycles. The molecule has 0 aliphatic rings. The molecule has 0 heterocycles. The molecule has 40 heavy (non-hydrogen) atoms. The highest BCUT2D eigenvalue weighted by molar-refractivity contribution is 5.72. The van der Waals surface area contributed by atoms with Crippen molar-refractivity contribution in [2.75, 3.05) is 13.2 Å². The minimum absolute atomic E-state index is 0.00967. The summed E-state index contributed by atoms with van der Waals surface area (Å²) in [5.74, 6) is 0.903. The van der Waals surface area contributed by atoms with E-state index in [0.717, 1.165) is 16.7 Å². The Balaban J connectivity index is 1.40. The molecule has 0 fully saturated rings. The summed E-state index contributed by atoms with van der Waals surface area (Å²) in [5.41, 5.74) is 3.26. The highest BCUT2D eigenvalue weighted by atomic mass is 19.1. The molecule has 0 aliphatic heterocycles. The van der Waals surface area contributed by atoms with Crippen LogP contribution >= 0.6 is 0 Å². The van der Waals surface area contributed by atoms with Crippen molar-refractivity contribution in [2.24, 2.45) is 0 Å². The molecular formula is C31H30FNO7. The van der Waals surface area contributed by atoms with E-state index in [1.807, 2.05) is 32.0 Å². The first-order valence-corrected chi connectivity index (χ1v) is 12.6. The van der Waals surface area contributed by atoms with Gasteiger partial charge in [0.05, 0.1) is 6.10 Å². The van der Waals surface area contributed by atoms with Crippen LogP contribution in [-0.4, -0.2) is 40.7 Å². The Morgan fingerprint density at radius 2 is 1.62 bits per heavy atom. The van der Waals surface area contributed by atoms with Crippen LogP contribution in [0.25, 0.3) is 11.1 Å². The molecule has 0 amide bonds. The second-order valence-electron chi connectivity index (χ2n) is 9.19. The van der Waals surface area contributed by atoms with E-state index < -0.39 is 18.1 Å². The average molecular weight is 548 g/mol. The number of rotatable bonds is 11. The first-order valence-electron chi connectivity index (χ1n) is 12.6. The number of aryl methyl sites for hydroxylation is 1. The number of aliphatic hydroxyl groups is 1. The summed E-state index contributed by atoms with van der Waals surface area (Å²) in [6.45, 7) is 4.69. The fraction of sp³-hybridized carbons (Fsp3) is 0.194. The summed E-state index contributed by atoms with van der Waals surface area (Å²) in [6.07, 6.45) is -2.21. The predicted octanol–water partition coefficient (Wildman–Crippen LogP) is 6.45. The molecule has 4 aromatic carbocycles. The van der Waals surface area contributed by atoms with Crippen molar-refractivity contribution in [3.63, 3.8) is 0 Å². The topological polar surface area (TPSA) is 117 Å². The van der Waals surface area contributed by atoms with E-state index >= 15 is 0 Å². The number of benzene rings is 4. The lowest BCUT2D eigenvalue weighted by molar-refractivity contribution is 0.133. The van der Waals surface area contributed by atoms with Crippen molar-refractivity contribution in [1.82, 2.24) is 5.32 Å². The molecule has 4 aromatic rings. The molecule has 0 spiro atoms. The third kappa shape index (κ3) is 7.49. The number of halogens is 1. The molecule has 0 bridgehead atoms. The fourth-order valence-corrected chi connectivity index (χ4v) is 4.14. The standard InChI is InChI=1S/C31H30FNO7/c1-19-17-26(38-16-15-33-20(2)30(35)21-3-8-24(34)9-4-21)12-13-27(19)22-5-14-28(40-31(36)37)29(18-22)39-25-10-6-23(32)7-11-25/h3-14,17-18,20,30,33-35H,15-16H2,1-2H3,(H,36,37)/t20-,30-/m1/s1. The quantitative estimate of drug-likeness (QED) is 0.0962. The molecule has 4 N–H and O–H groups in total. The van der Waals surface area contributed by atoms with Crippen LogP contribution in [0.4, 0.5) is 9.18 Å². The second-order valence-corrected chi connectivity index (χ2v) is 9.19. The van der Waals surface area contributed by atoms with Gasteiger partial charge in [-0.05, 0) is 96.8 Å². The van der Waals surface area contributed by atoms with Gasteiger partial charge < -0.3 is 34.8 Å². The number of carbonyl (C=O) groups is 1. The van der Waals surface area contributed by atoms with Gasteiger partial charge in [-0.25, -0.2) is 9.18 Å². The maximum absolute atomic E-state index is 13.3. The van der Waals surface area contributed by atoms with Gasteiger partial charge in [0.15, 0.2) is 11.5 Å². The molecule has 2 atom stereocenters. The third-order valence-corrected chi connectivity index (χ3v) is 6.24. The molecule has 4 rings (SSSR count). The Kier molecular flexibility index (Phi) is 9.21. The van der Waals surface area contributed by atoms with Crippen LogP contribution in [0.15, 0.2) is 84.9 Å². The summed E-state index contributed by atoms with van der Waals surface area (Å²) in [7, 11) is 0. The number of hydrogen-bond acceptors (Lipinski definition) is 7. The first-order chi connectivity index (χ1) is 19.2. The molecule has 0 aliphatic carbocycles. The minimum Gasteiger partial charge on any atom is -0.508 e. The fourth-order valence-electron chi connectivity index (χ4n) is 4.14. The number of phenols is 1. The van der Waals surface area contributed by atoms with E-state index in [4.69, 9.17) is 19.3 Å². The lowest BCUT2D eigenvalue weighted by Gasteiger charge is -2.21. The number of hydrogen-bond donors (Lipinski definition) is 4. The number of ether oxygens (including phenoxy) is 3. The van der Waals surface area contributed by atoms with Gasteiger partial charge in [-0.3, -0.25) is 0 Å². The summed E-state index contributed by atoms with van der Waals surface area (Å²) >= 11 is 0. The number of aliphatic hydroxyl groups excluding tert-OH is 1. The van der Waals surface area contributed by atoms with Crippen molar-refractivity contribution in [2.45, 2.75) is 26.0 Å². The predicted molar refractivity (Wildman–Crippen MR) is 148 cm³/mol. The van der Waals surface area contributed by atoms with Crippen LogP contribution in [0.2, 0.25) is 0 Å². The summed E-state index contributed by atoms with van der Waals surface area (Å²) in [4.78, 5) is 11.2. The Morgan fingerprint density at radius 1 is 0.925 bits per heavy atom. The van der Waals surface area contributed by atoms with E-state index in [9.17, 15) is 19.4 Å². The number of phenolic OH excluding ortho intramolecular Hbond substituents is 1. The summed E-state index contributed by atoms with van der Waals surface area (Å²) in [6, 6.07) is 22.1. The Labute approximate surface area is 231 Å². The number of carboxylic acid groups (broad SMARTS) is 1. The molecule has 9 heteroatoms. The van der Waals surface area contributed by atoms with Gasteiger partial charge in [0, 0.05) is 12.6 Å². The molecule has 0 radical (unpaired) electrons. The second kappa shape index (κ2) is 13.0. The normalized spacial score (nSPS) is 12.4. The zero-order chi connectivity index (χ0) is 28.6. The maximum Gasteiger partial charge on any atom is 0.511 e. The van der Waals surface area contributed by atoms with Crippen LogP contribution in [-0.2, 0) is 0 Å². The molecule has 0 unspecified atom stereocenters. The number of nitrogens with one attached hydrogen (secondary N) is 1. The van der Waals surface area contributed by atoms with Crippen LogP contribution in [0.3, 0.4) is 0 Å².